The summed E-state index contributed by atoms with van der Waals surface area (Å²) in [6.45, 7) is 1.46. The van der Waals surface area contributed by atoms with Crippen molar-refractivity contribution in [2.75, 3.05) is 19.7 Å². The van der Waals surface area contributed by atoms with Crippen molar-refractivity contribution in [1.29, 1.82) is 0 Å². The molecule has 5 rings (SSSR count). The first kappa shape index (κ1) is 20.1. The van der Waals surface area contributed by atoms with Crippen molar-refractivity contribution in [2.45, 2.75) is 37.7 Å². The van der Waals surface area contributed by atoms with Crippen LogP contribution in [0.25, 0.3) is 11.4 Å². The van der Waals surface area contributed by atoms with Crippen LogP contribution in [-0.4, -0.2) is 55.7 Å². The number of benzene rings is 1. The number of hydrogen-bond acceptors (Lipinski definition) is 7. The van der Waals surface area contributed by atoms with Gasteiger partial charge in [0.25, 0.3) is 0 Å². The van der Waals surface area contributed by atoms with Crippen molar-refractivity contribution in [3.63, 3.8) is 0 Å². The van der Waals surface area contributed by atoms with Crippen molar-refractivity contribution >= 4 is 0 Å². The Morgan fingerprint density at radius 3 is 2.84 bits per heavy atom. The highest BCUT2D eigenvalue weighted by molar-refractivity contribution is 5.54. The molecule has 164 valence electrons. The zero-order valence-corrected chi connectivity index (χ0v) is 16.3. The van der Waals surface area contributed by atoms with E-state index in [1.54, 1.807) is 4.90 Å². The van der Waals surface area contributed by atoms with Crippen LogP contribution in [0, 0.1) is 5.82 Å². The second-order valence-electron chi connectivity index (χ2n) is 7.71. The largest absolute Gasteiger partial charge is 0.404 e. The second-order valence-corrected chi connectivity index (χ2v) is 7.71. The smallest absolute Gasteiger partial charge is 0.372 e. The lowest BCUT2D eigenvalue weighted by molar-refractivity contribution is -0.193. The maximum absolute atomic E-state index is 14.2. The third-order valence-electron chi connectivity index (χ3n) is 5.77. The Morgan fingerprint density at radius 2 is 2.03 bits per heavy atom. The van der Waals surface area contributed by atoms with E-state index in [4.69, 9.17) is 9.26 Å². The quantitative estimate of drug-likeness (QED) is 0.580. The predicted molar refractivity (Wildman–Crippen MR) is 97.0 cm³/mol. The highest BCUT2D eigenvalue weighted by Crippen LogP contribution is 2.47. The molecular weight excluding hydrogens is 420 g/mol. The molecular formula is C19H18F4N6O2. The lowest BCUT2D eigenvalue weighted by Crippen LogP contribution is -2.45. The maximum atomic E-state index is 14.2. The van der Waals surface area contributed by atoms with Crippen molar-refractivity contribution in [1.82, 2.24) is 29.8 Å². The number of ether oxygens (including phenoxy) is 1. The minimum Gasteiger partial charge on any atom is -0.372 e. The van der Waals surface area contributed by atoms with E-state index in [9.17, 15) is 17.6 Å². The van der Waals surface area contributed by atoms with E-state index >= 15 is 0 Å². The molecule has 31 heavy (non-hydrogen) atoms. The molecule has 1 atom stereocenters. The summed E-state index contributed by atoms with van der Waals surface area (Å²) in [5.74, 6) is 0.131. The Bertz CT molecular complexity index is 1100. The van der Waals surface area contributed by atoms with Gasteiger partial charge in [-0.05, 0) is 18.6 Å². The number of nitrogens with zero attached hydrogens (tertiary/aromatic N) is 6. The number of likely N-dealkylation sites (tertiary alicyclic amines) is 1. The highest BCUT2D eigenvalue weighted by Gasteiger charge is 2.62. The summed E-state index contributed by atoms with van der Waals surface area (Å²) in [7, 11) is 0. The molecule has 12 heteroatoms. The predicted octanol–water partition coefficient (Wildman–Crippen LogP) is 2.70. The fourth-order valence-corrected chi connectivity index (χ4v) is 4.09. The molecule has 0 aliphatic carbocycles. The normalized spacial score (nSPS) is 22.1. The van der Waals surface area contributed by atoms with Gasteiger partial charge in [-0.1, -0.05) is 17.3 Å². The monoisotopic (exact) mass is 438 g/mol. The van der Waals surface area contributed by atoms with E-state index in [0.717, 1.165) is 6.07 Å². The summed E-state index contributed by atoms with van der Waals surface area (Å²) in [5, 5.41) is 11.9. The van der Waals surface area contributed by atoms with E-state index < -0.39 is 23.3 Å². The third-order valence-corrected chi connectivity index (χ3v) is 5.77. The van der Waals surface area contributed by atoms with Gasteiger partial charge in [0.15, 0.2) is 11.2 Å². The van der Waals surface area contributed by atoms with Gasteiger partial charge >= 0.3 is 6.18 Å². The molecule has 1 aromatic carbocycles. The Morgan fingerprint density at radius 1 is 1.16 bits per heavy atom. The number of hydrogen-bond donors (Lipinski definition) is 0. The minimum absolute atomic E-state index is 0.0805. The van der Waals surface area contributed by atoms with Crippen LogP contribution in [0.1, 0.15) is 24.0 Å². The Labute approximate surface area is 173 Å². The van der Waals surface area contributed by atoms with Crippen LogP contribution in [0.3, 0.4) is 0 Å². The number of halogens is 4. The summed E-state index contributed by atoms with van der Waals surface area (Å²) < 4.78 is 68.5. The molecule has 2 aliphatic heterocycles. The Balaban J connectivity index is 1.41. The van der Waals surface area contributed by atoms with Crippen molar-refractivity contribution in [3.8, 4) is 11.4 Å². The Kier molecular flexibility index (Phi) is 4.77. The lowest BCUT2D eigenvalue weighted by atomic mass is 9.86. The van der Waals surface area contributed by atoms with E-state index in [1.807, 2.05) is 4.57 Å². The molecule has 2 aliphatic rings. The van der Waals surface area contributed by atoms with E-state index in [0.29, 0.717) is 31.4 Å². The zero-order valence-electron chi connectivity index (χ0n) is 16.3. The van der Waals surface area contributed by atoms with Gasteiger partial charge in [0, 0.05) is 25.2 Å². The van der Waals surface area contributed by atoms with Crippen LogP contribution in [-0.2, 0) is 29.8 Å². The first-order valence-electron chi connectivity index (χ1n) is 9.74. The van der Waals surface area contributed by atoms with Gasteiger partial charge in [0.1, 0.15) is 18.2 Å². The van der Waals surface area contributed by atoms with E-state index in [2.05, 4.69) is 20.3 Å². The molecule has 4 heterocycles. The van der Waals surface area contributed by atoms with Crippen LogP contribution in [0.5, 0.6) is 0 Å². The topological polar surface area (TPSA) is 82.1 Å². The van der Waals surface area contributed by atoms with Gasteiger partial charge in [-0.25, -0.2) is 4.39 Å². The lowest BCUT2D eigenvalue weighted by Gasteiger charge is -2.28. The molecule has 3 aromatic rings. The van der Waals surface area contributed by atoms with Gasteiger partial charge < -0.3 is 13.8 Å². The maximum Gasteiger partial charge on any atom is 0.404 e. The average molecular weight is 438 g/mol. The van der Waals surface area contributed by atoms with Crippen LogP contribution in [0.4, 0.5) is 17.6 Å². The van der Waals surface area contributed by atoms with Crippen molar-refractivity contribution in [2.24, 2.45) is 0 Å². The van der Waals surface area contributed by atoms with E-state index in [-0.39, 0.29) is 37.4 Å². The molecule has 2 aromatic heterocycles. The van der Waals surface area contributed by atoms with E-state index in [1.165, 1.54) is 18.2 Å². The molecule has 0 radical (unpaired) electrons. The molecule has 8 nitrogen and oxygen atoms in total. The minimum atomic E-state index is -4.61. The number of fused-ring (bicyclic) bond motifs is 1. The first-order valence-corrected chi connectivity index (χ1v) is 9.74. The summed E-state index contributed by atoms with van der Waals surface area (Å²) in [5.41, 5.74) is -2.06. The number of rotatable bonds is 4. The van der Waals surface area contributed by atoms with Crippen LogP contribution in [0.2, 0.25) is 0 Å². The SMILES string of the molecule is Fc1cccc(-c2noc(C3(C(F)(F)F)CCN(Cc4nnc5n4CCOC5)C3)n2)c1. The van der Waals surface area contributed by atoms with Crippen LogP contribution >= 0.6 is 0 Å². The fourth-order valence-electron chi connectivity index (χ4n) is 4.09. The van der Waals surface area contributed by atoms with Crippen LogP contribution in [0.15, 0.2) is 28.8 Å². The van der Waals surface area contributed by atoms with Crippen molar-refractivity contribution in [3.05, 3.63) is 47.6 Å². The summed E-state index contributed by atoms with van der Waals surface area (Å²) >= 11 is 0. The van der Waals surface area contributed by atoms with Gasteiger partial charge in [-0.15, -0.1) is 10.2 Å². The van der Waals surface area contributed by atoms with Gasteiger partial charge in [-0.2, -0.15) is 18.2 Å². The molecule has 1 saturated heterocycles. The molecule has 0 amide bonds. The molecule has 1 fully saturated rings. The van der Waals surface area contributed by atoms with Gasteiger partial charge in [0.2, 0.25) is 11.7 Å². The zero-order chi connectivity index (χ0) is 21.6. The number of aromatic nitrogens is 5. The highest BCUT2D eigenvalue weighted by atomic mass is 19.4. The van der Waals surface area contributed by atoms with Gasteiger partial charge in [-0.3, -0.25) is 4.90 Å². The third kappa shape index (κ3) is 3.49. The van der Waals surface area contributed by atoms with Crippen molar-refractivity contribution < 1.29 is 26.8 Å². The second kappa shape index (κ2) is 7.38. The average Bonchev–Trinajstić information content (AvgIpc) is 3.47. The summed E-state index contributed by atoms with van der Waals surface area (Å²) in [6, 6.07) is 5.32. The Hall–Kier alpha value is -2.86. The molecule has 1 unspecified atom stereocenters. The molecule has 0 saturated carbocycles. The standard InChI is InChI=1S/C19H18F4N6O2/c20-13-3-1-2-12(8-13)16-24-17(31-27-16)18(19(21,22)23)4-5-28(11-18)9-14-25-26-15-10-30-7-6-29(14)15/h1-3,8H,4-7,9-11H2. The van der Waals surface area contributed by atoms with Gasteiger partial charge in [0.05, 0.1) is 13.2 Å². The molecule has 0 N–H and O–H groups in total. The summed E-state index contributed by atoms with van der Waals surface area (Å²) in [4.78, 5) is 5.66. The van der Waals surface area contributed by atoms with Crippen LogP contribution < -0.4 is 0 Å². The molecule has 0 bridgehead atoms. The molecule has 0 spiro atoms. The first-order chi connectivity index (χ1) is 14.9. The summed E-state index contributed by atoms with van der Waals surface area (Å²) in [6.07, 6.45) is -4.84. The number of alkyl halides is 3. The fraction of sp³-hybridized carbons (Fsp3) is 0.474.